The van der Waals surface area contributed by atoms with Crippen molar-refractivity contribution in [2.75, 3.05) is 52.4 Å². The van der Waals surface area contributed by atoms with Crippen LogP contribution in [0.4, 0.5) is 0 Å². The largest absolute Gasteiger partial charge is 0.342 e. The molecule has 2 fully saturated rings. The van der Waals surface area contributed by atoms with E-state index in [2.05, 4.69) is 9.62 Å². The Labute approximate surface area is 183 Å². The number of nitrogens with one attached hydrogen (secondary N) is 1. The third kappa shape index (κ3) is 6.16. The number of sulfonamides is 1. The maximum absolute atomic E-state index is 12.4. The highest BCUT2D eigenvalue weighted by atomic mass is 35.5. The van der Waals surface area contributed by atoms with E-state index in [0.717, 1.165) is 25.9 Å². The normalized spacial score (nSPS) is 18.4. The van der Waals surface area contributed by atoms with Gasteiger partial charge in [-0.25, -0.2) is 13.1 Å². The van der Waals surface area contributed by atoms with Crippen LogP contribution in [0.25, 0.3) is 0 Å². The van der Waals surface area contributed by atoms with E-state index in [-0.39, 0.29) is 34.7 Å². The number of rotatable bonds is 7. The molecule has 0 spiro atoms. The molecule has 10 heteroatoms. The van der Waals surface area contributed by atoms with Crippen LogP contribution in [-0.2, 0) is 19.6 Å². The van der Waals surface area contributed by atoms with Crippen LogP contribution < -0.4 is 4.72 Å². The highest BCUT2D eigenvalue weighted by molar-refractivity contribution is 7.89. The van der Waals surface area contributed by atoms with Crippen molar-refractivity contribution in [1.29, 1.82) is 0 Å². The van der Waals surface area contributed by atoms with E-state index in [9.17, 15) is 18.0 Å². The van der Waals surface area contributed by atoms with Crippen LogP contribution in [-0.4, -0.2) is 87.3 Å². The fourth-order valence-corrected chi connectivity index (χ4v) is 5.33. The summed E-state index contributed by atoms with van der Waals surface area (Å²) in [6.07, 6.45) is 3.43. The molecule has 2 aliphatic rings. The zero-order valence-corrected chi connectivity index (χ0v) is 18.6. The number of halogens is 1. The number of hydrogen-bond acceptors (Lipinski definition) is 5. The first-order valence-corrected chi connectivity index (χ1v) is 12.2. The molecule has 0 bridgehead atoms. The highest BCUT2D eigenvalue weighted by Gasteiger charge is 2.25. The van der Waals surface area contributed by atoms with Crippen molar-refractivity contribution < 1.29 is 18.0 Å². The molecule has 0 aromatic heterocycles. The summed E-state index contributed by atoms with van der Waals surface area (Å²) in [5.41, 5.74) is 0. The minimum Gasteiger partial charge on any atom is -0.342 e. The lowest BCUT2D eigenvalue weighted by atomic mass is 10.1. The van der Waals surface area contributed by atoms with Crippen LogP contribution in [0, 0.1) is 0 Å². The minimum absolute atomic E-state index is 0.00565. The predicted octanol–water partition coefficient (Wildman–Crippen LogP) is 1.17. The smallest absolute Gasteiger partial charge is 0.242 e. The van der Waals surface area contributed by atoms with Gasteiger partial charge in [-0.15, -0.1) is 0 Å². The second kappa shape index (κ2) is 10.6. The fourth-order valence-electron chi connectivity index (χ4n) is 3.78. The van der Waals surface area contributed by atoms with Crippen LogP contribution >= 0.6 is 11.6 Å². The van der Waals surface area contributed by atoms with Gasteiger partial charge in [-0.1, -0.05) is 23.7 Å². The Kier molecular flexibility index (Phi) is 8.10. The Balaban J connectivity index is 1.39. The molecule has 2 amide bonds. The van der Waals surface area contributed by atoms with E-state index in [1.54, 1.807) is 17.0 Å². The number of likely N-dealkylation sites (tertiary alicyclic amines) is 1. The van der Waals surface area contributed by atoms with Crippen molar-refractivity contribution in [2.24, 2.45) is 0 Å². The molecule has 8 nitrogen and oxygen atoms in total. The number of hydrogen-bond donors (Lipinski definition) is 1. The maximum atomic E-state index is 12.4. The first-order valence-electron chi connectivity index (χ1n) is 10.4. The molecule has 1 aromatic rings. The Morgan fingerprint density at radius 2 is 1.53 bits per heavy atom. The topological polar surface area (TPSA) is 90.0 Å². The van der Waals surface area contributed by atoms with Crippen molar-refractivity contribution in [3.8, 4) is 0 Å². The van der Waals surface area contributed by atoms with Gasteiger partial charge in [0.15, 0.2) is 0 Å². The SMILES string of the molecule is O=C(CCNS(=O)(=O)c1ccccc1Cl)N1CCN(CC(=O)N2CCCCC2)CC1. The Morgan fingerprint density at radius 1 is 0.900 bits per heavy atom. The second-order valence-electron chi connectivity index (χ2n) is 7.68. The van der Waals surface area contributed by atoms with E-state index < -0.39 is 10.0 Å². The number of amides is 2. The van der Waals surface area contributed by atoms with E-state index in [0.29, 0.717) is 32.7 Å². The molecule has 0 radical (unpaired) electrons. The zero-order valence-electron chi connectivity index (χ0n) is 17.1. The van der Waals surface area contributed by atoms with Gasteiger partial charge < -0.3 is 9.80 Å². The van der Waals surface area contributed by atoms with Crippen LogP contribution in [0.5, 0.6) is 0 Å². The lowest BCUT2D eigenvalue weighted by molar-refractivity contribution is -0.135. The summed E-state index contributed by atoms with van der Waals surface area (Å²) in [5.74, 6) is 0.0716. The quantitative estimate of drug-likeness (QED) is 0.665. The molecular formula is C20H29ClN4O4S. The van der Waals surface area contributed by atoms with Gasteiger partial charge in [-0.2, -0.15) is 0 Å². The van der Waals surface area contributed by atoms with E-state index in [4.69, 9.17) is 11.6 Å². The van der Waals surface area contributed by atoms with Crippen molar-refractivity contribution in [2.45, 2.75) is 30.6 Å². The lowest BCUT2D eigenvalue weighted by Gasteiger charge is -2.36. The van der Waals surface area contributed by atoms with Gasteiger partial charge in [0.1, 0.15) is 4.90 Å². The molecule has 3 rings (SSSR count). The Hall–Kier alpha value is -1.68. The monoisotopic (exact) mass is 456 g/mol. The van der Waals surface area contributed by atoms with Gasteiger partial charge in [0.05, 0.1) is 11.6 Å². The van der Waals surface area contributed by atoms with Crippen molar-refractivity contribution in [3.63, 3.8) is 0 Å². The lowest BCUT2D eigenvalue weighted by Crippen LogP contribution is -2.52. The number of piperazine rings is 1. The van der Waals surface area contributed by atoms with Crippen molar-refractivity contribution >= 4 is 33.4 Å². The molecule has 0 saturated carbocycles. The molecule has 30 heavy (non-hydrogen) atoms. The predicted molar refractivity (Wildman–Crippen MR) is 115 cm³/mol. The highest BCUT2D eigenvalue weighted by Crippen LogP contribution is 2.20. The summed E-state index contributed by atoms with van der Waals surface area (Å²) in [6.45, 7) is 4.50. The van der Waals surface area contributed by atoms with Gasteiger partial charge in [0, 0.05) is 52.2 Å². The summed E-state index contributed by atoms with van der Waals surface area (Å²) in [7, 11) is -3.75. The number of piperidine rings is 1. The summed E-state index contributed by atoms with van der Waals surface area (Å²) in [4.78, 5) is 30.6. The van der Waals surface area contributed by atoms with Crippen LogP contribution in [0.1, 0.15) is 25.7 Å². The van der Waals surface area contributed by atoms with Gasteiger partial charge in [-0.05, 0) is 31.4 Å². The first kappa shape index (κ1) is 23.0. The number of benzene rings is 1. The fraction of sp³-hybridized carbons (Fsp3) is 0.600. The molecule has 2 heterocycles. The molecule has 2 aliphatic heterocycles. The summed E-state index contributed by atoms with van der Waals surface area (Å²) in [5, 5.41) is 0.145. The summed E-state index contributed by atoms with van der Waals surface area (Å²) in [6, 6.07) is 6.19. The van der Waals surface area contributed by atoms with E-state index in [1.165, 1.54) is 18.6 Å². The van der Waals surface area contributed by atoms with E-state index in [1.807, 2.05) is 4.90 Å². The molecular weight excluding hydrogens is 428 g/mol. The van der Waals surface area contributed by atoms with Crippen LogP contribution in [0.2, 0.25) is 5.02 Å². The van der Waals surface area contributed by atoms with Crippen molar-refractivity contribution in [1.82, 2.24) is 19.4 Å². The van der Waals surface area contributed by atoms with Crippen LogP contribution in [0.3, 0.4) is 0 Å². The Bertz CT molecular complexity index is 850. The molecule has 166 valence electrons. The third-order valence-electron chi connectivity index (χ3n) is 5.55. The molecule has 0 aliphatic carbocycles. The number of nitrogens with zero attached hydrogens (tertiary/aromatic N) is 3. The van der Waals surface area contributed by atoms with Crippen molar-refractivity contribution in [3.05, 3.63) is 29.3 Å². The molecule has 1 N–H and O–H groups in total. The van der Waals surface area contributed by atoms with E-state index >= 15 is 0 Å². The molecule has 2 saturated heterocycles. The third-order valence-corrected chi connectivity index (χ3v) is 7.51. The zero-order chi connectivity index (χ0) is 21.6. The number of carbonyl (C=O) groups is 2. The summed E-state index contributed by atoms with van der Waals surface area (Å²) < 4.78 is 27.1. The first-order chi connectivity index (χ1) is 14.4. The molecule has 0 atom stereocenters. The Morgan fingerprint density at radius 3 is 2.20 bits per heavy atom. The van der Waals surface area contributed by atoms with Gasteiger partial charge in [0.25, 0.3) is 0 Å². The van der Waals surface area contributed by atoms with Gasteiger partial charge in [-0.3, -0.25) is 14.5 Å². The average molecular weight is 457 g/mol. The second-order valence-corrected chi connectivity index (χ2v) is 9.82. The minimum atomic E-state index is -3.75. The molecule has 0 unspecified atom stereocenters. The average Bonchev–Trinajstić information content (AvgIpc) is 2.75. The maximum Gasteiger partial charge on any atom is 0.242 e. The standard InChI is InChI=1S/C20H29ClN4O4S/c21-17-6-2-3-7-18(17)30(28,29)22-9-8-19(26)25-14-12-23(13-15-25)16-20(27)24-10-4-1-5-11-24/h2-3,6-7,22H,1,4-5,8-16H2. The number of carbonyl (C=O) groups excluding carboxylic acids is 2. The molecule has 1 aromatic carbocycles. The van der Waals surface area contributed by atoms with Crippen LogP contribution in [0.15, 0.2) is 29.2 Å². The summed E-state index contributed by atoms with van der Waals surface area (Å²) >= 11 is 5.95. The van der Waals surface area contributed by atoms with Gasteiger partial charge in [0.2, 0.25) is 21.8 Å². The van der Waals surface area contributed by atoms with Gasteiger partial charge >= 0.3 is 0 Å².